The summed E-state index contributed by atoms with van der Waals surface area (Å²) in [6, 6.07) is 21.5. The molecule has 0 fully saturated rings. The number of phenolic OH excluding ortho intramolecular Hbond substituents is 1. The van der Waals surface area contributed by atoms with Crippen molar-refractivity contribution in [3.8, 4) is 11.5 Å². The molecule has 0 aliphatic carbocycles. The number of nitrogens with one attached hydrogen (secondary N) is 1. The third-order valence-corrected chi connectivity index (χ3v) is 5.53. The number of hydrazone groups is 1. The highest BCUT2D eigenvalue weighted by Gasteiger charge is 2.30. The molecule has 0 bridgehead atoms. The molecule has 2 N–H and O–H groups in total. The summed E-state index contributed by atoms with van der Waals surface area (Å²) in [4.78, 5) is 0. The molecule has 0 unspecified atom stereocenters. The Labute approximate surface area is 201 Å². The van der Waals surface area contributed by atoms with Crippen LogP contribution in [0.15, 0.2) is 90.5 Å². The van der Waals surface area contributed by atoms with Gasteiger partial charge in [-0.15, -0.1) is 0 Å². The molecule has 4 aromatic rings. The van der Waals surface area contributed by atoms with Gasteiger partial charge in [0.05, 0.1) is 17.5 Å². The highest BCUT2D eigenvalue weighted by molar-refractivity contribution is 6.02. The summed E-state index contributed by atoms with van der Waals surface area (Å²) < 4.78 is 44.9. The van der Waals surface area contributed by atoms with Crippen LogP contribution in [0.4, 0.5) is 13.2 Å². The zero-order valence-electron chi connectivity index (χ0n) is 18.9. The largest absolute Gasteiger partial charge is 0.508 e. The van der Waals surface area contributed by atoms with Gasteiger partial charge in [0.25, 0.3) is 0 Å². The summed E-state index contributed by atoms with van der Waals surface area (Å²) in [6.07, 6.45) is -2.75. The fourth-order valence-electron chi connectivity index (χ4n) is 3.57. The fraction of sp³-hybridized carbons (Fsp3) is 0.107. The number of ether oxygens (including phenoxy) is 1. The number of hydrogen-bond donors (Lipinski definition) is 2. The molecule has 0 aliphatic rings. The zero-order chi connectivity index (χ0) is 25.0. The molecule has 4 rings (SSSR count). The van der Waals surface area contributed by atoms with E-state index in [0.717, 1.165) is 34.0 Å². The van der Waals surface area contributed by atoms with Gasteiger partial charge in [0.2, 0.25) is 0 Å². The quantitative estimate of drug-likeness (QED) is 0.222. The molecule has 178 valence electrons. The van der Waals surface area contributed by atoms with Crippen molar-refractivity contribution >= 4 is 22.7 Å². The van der Waals surface area contributed by atoms with E-state index in [4.69, 9.17) is 4.74 Å². The average molecular weight is 476 g/mol. The van der Waals surface area contributed by atoms with Gasteiger partial charge in [-0.2, -0.15) is 18.3 Å². The van der Waals surface area contributed by atoms with E-state index in [1.54, 1.807) is 30.5 Å². The van der Waals surface area contributed by atoms with Gasteiger partial charge in [0.1, 0.15) is 18.1 Å². The third-order valence-electron chi connectivity index (χ3n) is 5.53. The second-order valence-electron chi connectivity index (χ2n) is 8.04. The number of benzene rings is 4. The van der Waals surface area contributed by atoms with Gasteiger partial charge < -0.3 is 9.84 Å². The lowest BCUT2D eigenvalue weighted by molar-refractivity contribution is -0.137. The summed E-state index contributed by atoms with van der Waals surface area (Å²) in [6.45, 7) is 5.77. The van der Waals surface area contributed by atoms with Crippen molar-refractivity contribution in [3.05, 3.63) is 113 Å². The van der Waals surface area contributed by atoms with Crippen LogP contribution in [0.1, 0.15) is 27.8 Å². The first-order valence-corrected chi connectivity index (χ1v) is 10.8. The highest BCUT2D eigenvalue weighted by atomic mass is 19.4. The van der Waals surface area contributed by atoms with Crippen molar-refractivity contribution in [1.29, 1.82) is 0 Å². The van der Waals surface area contributed by atoms with Gasteiger partial charge in [0.15, 0.2) is 0 Å². The minimum Gasteiger partial charge on any atom is -0.508 e. The number of phenols is 1. The van der Waals surface area contributed by atoms with Crippen molar-refractivity contribution in [2.24, 2.45) is 5.10 Å². The Kier molecular flexibility index (Phi) is 6.78. The van der Waals surface area contributed by atoms with Gasteiger partial charge >= 0.3 is 6.18 Å². The van der Waals surface area contributed by atoms with Crippen LogP contribution in [0.25, 0.3) is 16.5 Å². The number of hydrogen-bond acceptors (Lipinski definition) is 4. The number of nitrogens with zero attached hydrogens (tertiary/aromatic N) is 1. The Hall–Kier alpha value is -4.26. The molecule has 0 spiro atoms. The van der Waals surface area contributed by atoms with Crippen molar-refractivity contribution in [1.82, 2.24) is 5.43 Å². The van der Waals surface area contributed by atoms with E-state index in [-0.39, 0.29) is 12.4 Å². The first kappa shape index (κ1) is 23.9. The summed E-state index contributed by atoms with van der Waals surface area (Å²) >= 11 is 0. The second kappa shape index (κ2) is 9.93. The van der Waals surface area contributed by atoms with E-state index in [9.17, 15) is 18.3 Å². The summed E-state index contributed by atoms with van der Waals surface area (Å²) in [7, 11) is 0. The molecular weight excluding hydrogens is 453 g/mol. The first-order valence-electron chi connectivity index (χ1n) is 10.8. The van der Waals surface area contributed by atoms with Crippen LogP contribution < -0.4 is 10.2 Å². The number of aromatic hydroxyl groups is 1. The Morgan fingerprint density at radius 2 is 1.77 bits per heavy atom. The number of halogens is 3. The maximum absolute atomic E-state index is 13.0. The molecule has 0 heterocycles. The lowest BCUT2D eigenvalue weighted by atomic mass is 10.0. The fourth-order valence-corrected chi connectivity index (χ4v) is 3.57. The molecular formula is C28H23F3N2O2. The first-order chi connectivity index (χ1) is 16.7. The third kappa shape index (κ3) is 5.63. The van der Waals surface area contributed by atoms with E-state index >= 15 is 0 Å². The molecule has 0 saturated heterocycles. The minimum absolute atomic E-state index is 0.00608. The van der Waals surface area contributed by atoms with Gasteiger partial charge in [-0.1, -0.05) is 55.1 Å². The summed E-state index contributed by atoms with van der Waals surface area (Å²) in [5, 5.41) is 15.8. The van der Waals surface area contributed by atoms with Gasteiger partial charge in [-0.25, -0.2) is 0 Å². The molecule has 7 heteroatoms. The average Bonchev–Trinajstić information content (AvgIpc) is 2.84. The SMILES string of the molecule is C=C(N/N=C/c1ccc(OCc2cccc(C(F)(F)F)c2)c2ccccc12)c1ccc(C)c(O)c1. The molecule has 0 aromatic heterocycles. The molecule has 0 atom stereocenters. The number of fused-ring (bicyclic) bond motifs is 1. The van der Waals surface area contributed by atoms with Crippen molar-refractivity contribution in [2.75, 3.05) is 0 Å². The van der Waals surface area contributed by atoms with Gasteiger partial charge in [-0.05, 0) is 53.8 Å². The predicted molar refractivity (Wildman–Crippen MR) is 132 cm³/mol. The second-order valence-corrected chi connectivity index (χ2v) is 8.04. The van der Waals surface area contributed by atoms with Crippen LogP contribution in [-0.4, -0.2) is 11.3 Å². The highest BCUT2D eigenvalue weighted by Crippen LogP contribution is 2.31. The molecule has 35 heavy (non-hydrogen) atoms. The molecule has 4 aromatic carbocycles. The van der Waals surface area contributed by atoms with Crippen molar-refractivity contribution in [3.63, 3.8) is 0 Å². The van der Waals surface area contributed by atoms with Gasteiger partial charge in [0, 0.05) is 16.5 Å². The topological polar surface area (TPSA) is 53.9 Å². The number of rotatable bonds is 7. The van der Waals surface area contributed by atoms with Crippen LogP contribution in [-0.2, 0) is 12.8 Å². The monoisotopic (exact) mass is 476 g/mol. The normalized spacial score (nSPS) is 11.7. The van der Waals surface area contributed by atoms with Crippen molar-refractivity contribution in [2.45, 2.75) is 19.7 Å². The lowest BCUT2D eigenvalue weighted by Gasteiger charge is -2.13. The Bertz CT molecular complexity index is 1410. The zero-order valence-corrected chi connectivity index (χ0v) is 18.9. The Morgan fingerprint density at radius 1 is 1.00 bits per heavy atom. The lowest BCUT2D eigenvalue weighted by Crippen LogP contribution is -2.06. The molecule has 0 saturated carbocycles. The molecule has 4 nitrogen and oxygen atoms in total. The van der Waals surface area contributed by atoms with Crippen LogP contribution in [0, 0.1) is 6.92 Å². The maximum Gasteiger partial charge on any atom is 0.416 e. The molecule has 0 radical (unpaired) electrons. The Morgan fingerprint density at radius 3 is 2.51 bits per heavy atom. The van der Waals surface area contributed by atoms with E-state index in [0.29, 0.717) is 22.6 Å². The maximum atomic E-state index is 13.0. The molecule has 0 aliphatic heterocycles. The van der Waals surface area contributed by atoms with Gasteiger partial charge in [-0.3, -0.25) is 5.43 Å². The van der Waals surface area contributed by atoms with Crippen LogP contribution in [0.3, 0.4) is 0 Å². The number of aryl methyl sites for hydroxylation is 1. The van der Waals surface area contributed by atoms with Crippen molar-refractivity contribution < 1.29 is 23.0 Å². The van der Waals surface area contributed by atoms with Crippen LogP contribution >= 0.6 is 0 Å². The van der Waals surface area contributed by atoms with E-state index in [2.05, 4.69) is 17.1 Å². The minimum atomic E-state index is -4.40. The predicted octanol–water partition coefficient (Wildman–Crippen LogP) is 7.05. The molecule has 0 amide bonds. The summed E-state index contributed by atoms with van der Waals surface area (Å²) in [5.41, 5.74) is 5.44. The Balaban J connectivity index is 1.51. The smallest absolute Gasteiger partial charge is 0.416 e. The van der Waals surface area contributed by atoms with E-state index < -0.39 is 11.7 Å². The number of alkyl halides is 3. The standard InChI is InChI=1S/C28H23F3N2O2/c1-18-10-11-21(15-26(18)34)19(2)33-32-16-22-12-13-27(25-9-4-3-8-24(22)25)35-17-20-6-5-7-23(14-20)28(29,30)31/h3-16,33-34H,2,17H2,1H3/b32-16+. The van der Waals surface area contributed by atoms with Crippen LogP contribution in [0.2, 0.25) is 0 Å². The summed E-state index contributed by atoms with van der Waals surface area (Å²) in [5.74, 6) is 0.740. The van der Waals surface area contributed by atoms with E-state index in [1.807, 2.05) is 43.3 Å². The van der Waals surface area contributed by atoms with E-state index in [1.165, 1.54) is 6.07 Å². The van der Waals surface area contributed by atoms with Crippen LogP contribution in [0.5, 0.6) is 11.5 Å².